The Kier molecular flexibility index (Phi) is 4.00. The number of hydrogen-bond acceptors (Lipinski definition) is 0. The van der Waals surface area contributed by atoms with Gasteiger partial charge in [-0.15, -0.1) is 0 Å². The van der Waals surface area contributed by atoms with Gasteiger partial charge in [-0.05, 0) is 31.8 Å². The van der Waals surface area contributed by atoms with Crippen LogP contribution in [0.1, 0.15) is 38.5 Å². The third kappa shape index (κ3) is 3.49. The van der Waals surface area contributed by atoms with Gasteiger partial charge in [0.2, 0.25) is 0 Å². The zero-order valence-electron chi connectivity index (χ0n) is 6.47. The summed E-state index contributed by atoms with van der Waals surface area (Å²) < 4.78 is 0. The largest absolute Gasteiger partial charge is 0.0839 e. The fraction of sp³-hybridized carbons (Fsp3) is 0.600. The van der Waals surface area contributed by atoms with E-state index < -0.39 is 0 Å². The van der Waals surface area contributed by atoms with Gasteiger partial charge in [-0.1, -0.05) is 31.1 Å². The van der Waals surface area contributed by atoms with Crippen LogP contribution < -0.4 is 0 Å². The Morgan fingerprint density at radius 3 is 2.60 bits per heavy atom. The average molecular weight is 135 g/mol. The van der Waals surface area contributed by atoms with Crippen molar-refractivity contribution in [3.8, 4) is 0 Å². The molecule has 0 spiro atoms. The molecule has 0 aliphatic heterocycles. The van der Waals surface area contributed by atoms with Crippen LogP contribution in [0.5, 0.6) is 0 Å². The number of rotatable bonds is 0. The van der Waals surface area contributed by atoms with E-state index >= 15 is 0 Å². The van der Waals surface area contributed by atoms with Crippen LogP contribution in [0.25, 0.3) is 0 Å². The standard InChI is InChI=1S/C10H15/c1-2-4-6-8-10-9-7-5-3-1/h1-2,6H,3,5,7-10H2/b2-1-,6-4?. The maximum absolute atomic E-state index is 3.15. The van der Waals surface area contributed by atoms with Crippen LogP contribution in [-0.4, -0.2) is 0 Å². The van der Waals surface area contributed by atoms with E-state index in [1.165, 1.54) is 38.5 Å². The second-order valence-electron chi connectivity index (χ2n) is 2.76. The first kappa shape index (κ1) is 7.59. The van der Waals surface area contributed by atoms with Gasteiger partial charge in [-0.25, -0.2) is 0 Å². The lowest BCUT2D eigenvalue weighted by atomic mass is 10.1. The Morgan fingerprint density at radius 1 is 0.900 bits per heavy atom. The minimum Gasteiger partial charge on any atom is -0.0839 e. The van der Waals surface area contributed by atoms with Gasteiger partial charge in [0.15, 0.2) is 0 Å². The van der Waals surface area contributed by atoms with E-state index in [1.807, 2.05) is 6.08 Å². The molecule has 0 unspecified atom stereocenters. The smallest absolute Gasteiger partial charge is 0.0230 e. The summed E-state index contributed by atoms with van der Waals surface area (Å²) in [6.07, 6.45) is 17.5. The highest BCUT2D eigenvalue weighted by Gasteiger charge is 1.88. The topological polar surface area (TPSA) is 0 Å². The summed E-state index contributed by atoms with van der Waals surface area (Å²) >= 11 is 0. The van der Waals surface area contributed by atoms with E-state index in [9.17, 15) is 0 Å². The third-order valence-electron chi connectivity index (χ3n) is 1.80. The SMILES string of the molecule is [C]1=C\CCCCCC\C=C/1. The molecule has 0 heterocycles. The lowest BCUT2D eigenvalue weighted by Gasteiger charge is -1.97. The Labute approximate surface area is 63.6 Å². The molecule has 1 radical (unpaired) electrons. The minimum atomic E-state index is 1.21. The molecule has 0 heteroatoms. The molecule has 0 amide bonds. The summed E-state index contributed by atoms with van der Waals surface area (Å²) in [7, 11) is 0. The first-order chi connectivity index (χ1) is 5.00. The molecule has 1 aliphatic carbocycles. The predicted octanol–water partition coefficient (Wildman–Crippen LogP) is 3.26. The zero-order valence-corrected chi connectivity index (χ0v) is 6.47. The molecule has 0 aromatic carbocycles. The summed E-state index contributed by atoms with van der Waals surface area (Å²) in [5.41, 5.74) is 0. The van der Waals surface area contributed by atoms with E-state index in [-0.39, 0.29) is 0 Å². The van der Waals surface area contributed by atoms with Crippen LogP contribution in [0.15, 0.2) is 18.2 Å². The van der Waals surface area contributed by atoms with E-state index in [1.54, 1.807) is 0 Å². The van der Waals surface area contributed by atoms with Gasteiger partial charge in [0.25, 0.3) is 0 Å². The highest BCUT2D eigenvalue weighted by atomic mass is 13.9. The molecule has 55 valence electrons. The van der Waals surface area contributed by atoms with E-state index in [4.69, 9.17) is 0 Å². The average Bonchev–Trinajstić information content (AvgIpc) is 2.01. The molecule has 0 atom stereocenters. The van der Waals surface area contributed by atoms with Crippen molar-refractivity contribution in [3.63, 3.8) is 0 Å². The van der Waals surface area contributed by atoms with Gasteiger partial charge in [-0.2, -0.15) is 0 Å². The number of hydrogen-bond donors (Lipinski definition) is 0. The molecule has 0 saturated carbocycles. The van der Waals surface area contributed by atoms with Crippen molar-refractivity contribution >= 4 is 0 Å². The first-order valence-electron chi connectivity index (χ1n) is 4.23. The summed E-state index contributed by atoms with van der Waals surface area (Å²) in [5, 5.41) is 0. The van der Waals surface area contributed by atoms with Gasteiger partial charge < -0.3 is 0 Å². The Morgan fingerprint density at radius 2 is 1.70 bits per heavy atom. The molecular formula is C10H15. The van der Waals surface area contributed by atoms with Crippen molar-refractivity contribution in [1.29, 1.82) is 0 Å². The fourth-order valence-corrected chi connectivity index (χ4v) is 1.16. The molecular weight excluding hydrogens is 120 g/mol. The van der Waals surface area contributed by atoms with E-state index in [2.05, 4.69) is 18.2 Å². The van der Waals surface area contributed by atoms with Gasteiger partial charge in [0.05, 0.1) is 0 Å². The van der Waals surface area contributed by atoms with Gasteiger partial charge >= 0.3 is 0 Å². The van der Waals surface area contributed by atoms with Gasteiger partial charge in [0.1, 0.15) is 0 Å². The second kappa shape index (κ2) is 5.28. The molecule has 0 fully saturated rings. The molecule has 0 nitrogen and oxygen atoms in total. The fourth-order valence-electron chi connectivity index (χ4n) is 1.16. The van der Waals surface area contributed by atoms with Crippen LogP contribution in [0.4, 0.5) is 0 Å². The second-order valence-corrected chi connectivity index (χ2v) is 2.76. The van der Waals surface area contributed by atoms with Crippen LogP contribution in [0, 0.1) is 6.08 Å². The van der Waals surface area contributed by atoms with Crippen molar-refractivity contribution in [2.75, 3.05) is 0 Å². The van der Waals surface area contributed by atoms with Crippen molar-refractivity contribution in [1.82, 2.24) is 0 Å². The zero-order chi connectivity index (χ0) is 7.07. The van der Waals surface area contributed by atoms with Crippen LogP contribution in [-0.2, 0) is 0 Å². The predicted molar refractivity (Wildman–Crippen MR) is 44.7 cm³/mol. The highest BCUT2D eigenvalue weighted by molar-refractivity contribution is 4.95. The Bertz CT molecular complexity index is 104. The van der Waals surface area contributed by atoms with Crippen LogP contribution in [0.2, 0.25) is 0 Å². The molecule has 10 heavy (non-hydrogen) atoms. The Hall–Kier alpha value is -0.520. The Balaban J connectivity index is 2.26. The molecule has 0 saturated heterocycles. The lowest BCUT2D eigenvalue weighted by molar-refractivity contribution is 0.650. The third-order valence-corrected chi connectivity index (χ3v) is 1.80. The van der Waals surface area contributed by atoms with Crippen molar-refractivity contribution < 1.29 is 0 Å². The molecule has 1 rings (SSSR count). The lowest BCUT2D eigenvalue weighted by Crippen LogP contribution is -1.78. The highest BCUT2D eigenvalue weighted by Crippen LogP contribution is 2.07. The summed E-state index contributed by atoms with van der Waals surface area (Å²) in [5.74, 6) is 0. The normalized spacial score (nSPS) is 27.2. The van der Waals surface area contributed by atoms with Crippen molar-refractivity contribution in [2.24, 2.45) is 0 Å². The summed E-state index contributed by atoms with van der Waals surface area (Å²) in [4.78, 5) is 0. The van der Waals surface area contributed by atoms with E-state index in [0.717, 1.165) is 0 Å². The molecule has 0 bridgehead atoms. The minimum absolute atomic E-state index is 1.21. The number of allylic oxidation sites excluding steroid dienone is 4. The van der Waals surface area contributed by atoms with Gasteiger partial charge in [-0.3, -0.25) is 0 Å². The monoisotopic (exact) mass is 135 g/mol. The van der Waals surface area contributed by atoms with Crippen molar-refractivity contribution in [2.45, 2.75) is 38.5 Å². The van der Waals surface area contributed by atoms with Gasteiger partial charge in [0, 0.05) is 0 Å². The van der Waals surface area contributed by atoms with Crippen molar-refractivity contribution in [3.05, 3.63) is 24.3 Å². The summed E-state index contributed by atoms with van der Waals surface area (Å²) in [6, 6.07) is 0. The summed E-state index contributed by atoms with van der Waals surface area (Å²) in [6.45, 7) is 0. The quantitative estimate of drug-likeness (QED) is 0.478. The maximum Gasteiger partial charge on any atom is -0.0230 e. The van der Waals surface area contributed by atoms with E-state index in [0.29, 0.717) is 0 Å². The van der Waals surface area contributed by atoms with Crippen LogP contribution in [0.3, 0.4) is 0 Å². The van der Waals surface area contributed by atoms with Crippen LogP contribution >= 0.6 is 0 Å². The molecule has 0 aromatic rings. The first-order valence-corrected chi connectivity index (χ1v) is 4.23. The molecule has 0 aromatic heterocycles. The molecule has 1 aliphatic rings. The maximum atomic E-state index is 3.15. The molecule has 0 N–H and O–H groups in total.